The first kappa shape index (κ1) is 21.1. The van der Waals surface area contributed by atoms with Gasteiger partial charge in [0.15, 0.2) is 6.10 Å². The Morgan fingerprint density at radius 1 is 1.21 bits per heavy atom. The molecule has 0 bridgehead atoms. The van der Waals surface area contributed by atoms with Gasteiger partial charge in [-0.25, -0.2) is 0 Å². The molecule has 0 aliphatic carbocycles. The number of hydrogen-bond donors (Lipinski definition) is 1. The molecule has 1 unspecified atom stereocenters. The number of aryl methyl sites for hydroxylation is 1. The number of ether oxygens (including phenoxy) is 1. The number of carbonyl (C=O) groups excluding carboxylic acids is 1. The SMILES string of the molecule is Cc1ccc(OC(C)C(=O)Nc2ccc(=O)n(Cc3ccccc3Cl)c2)c(Br)c1. The number of anilines is 1. The third kappa shape index (κ3) is 5.49. The predicted molar refractivity (Wildman–Crippen MR) is 119 cm³/mol. The third-order valence-electron chi connectivity index (χ3n) is 4.31. The summed E-state index contributed by atoms with van der Waals surface area (Å²) in [6.45, 7) is 3.95. The first-order chi connectivity index (χ1) is 13.8. The molecule has 0 spiro atoms. The van der Waals surface area contributed by atoms with E-state index in [2.05, 4.69) is 21.2 Å². The zero-order valence-corrected chi connectivity index (χ0v) is 18.3. The average Bonchev–Trinajstić information content (AvgIpc) is 2.68. The third-order valence-corrected chi connectivity index (χ3v) is 5.30. The summed E-state index contributed by atoms with van der Waals surface area (Å²) in [5.41, 5.74) is 2.22. The number of amides is 1. The monoisotopic (exact) mass is 474 g/mol. The van der Waals surface area contributed by atoms with Gasteiger partial charge in [-0.15, -0.1) is 0 Å². The van der Waals surface area contributed by atoms with E-state index in [1.54, 1.807) is 25.3 Å². The van der Waals surface area contributed by atoms with E-state index >= 15 is 0 Å². The van der Waals surface area contributed by atoms with Crippen LogP contribution in [0.1, 0.15) is 18.1 Å². The number of halogens is 2. The number of nitrogens with zero attached hydrogens (tertiary/aromatic N) is 1. The number of benzene rings is 2. The molecule has 0 saturated carbocycles. The molecule has 1 amide bonds. The van der Waals surface area contributed by atoms with Gasteiger partial charge in [0, 0.05) is 17.3 Å². The largest absolute Gasteiger partial charge is 0.480 e. The summed E-state index contributed by atoms with van der Waals surface area (Å²) in [7, 11) is 0. The molecule has 3 aromatic rings. The van der Waals surface area contributed by atoms with Crippen molar-refractivity contribution in [3.63, 3.8) is 0 Å². The molecule has 7 heteroatoms. The average molecular weight is 476 g/mol. The van der Waals surface area contributed by atoms with Gasteiger partial charge in [-0.2, -0.15) is 0 Å². The second-order valence-electron chi connectivity index (χ2n) is 6.66. The van der Waals surface area contributed by atoms with E-state index in [-0.39, 0.29) is 11.5 Å². The Morgan fingerprint density at radius 3 is 2.69 bits per heavy atom. The minimum atomic E-state index is -0.724. The maximum atomic E-state index is 12.5. The van der Waals surface area contributed by atoms with Crippen LogP contribution in [0.15, 0.2) is 70.1 Å². The van der Waals surface area contributed by atoms with Crippen molar-refractivity contribution in [2.45, 2.75) is 26.5 Å². The number of carbonyl (C=O) groups is 1. The van der Waals surface area contributed by atoms with Gasteiger partial charge in [-0.05, 0) is 65.2 Å². The van der Waals surface area contributed by atoms with Crippen molar-refractivity contribution < 1.29 is 9.53 Å². The van der Waals surface area contributed by atoms with Crippen LogP contribution in [0.2, 0.25) is 5.02 Å². The van der Waals surface area contributed by atoms with E-state index in [1.165, 1.54) is 10.6 Å². The van der Waals surface area contributed by atoms with Crippen LogP contribution in [-0.4, -0.2) is 16.6 Å². The van der Waals surface area contributed by atoms with Crippen molar-refractivity contribution in [1.82, 2.24) is 4.57 Å². The molecule has 0 aliphatic heterocycles. The van der Waals surface area contributed by atoms with Crippen molar-refractivity contribution in [2.24, 2.45) is 0 Å². The minimum absolute atomic E-state index is 0.184. The van der Waals surface area contributed by atoms with Gasteiger partial charge in [0.2, 0.25) is 0 Å². The molecule has 1 N–H and O–H groups in total. The standard InChI is InChI=1S/C22H20BrClN2O3/c1-14-7-9-20(18(23)11-14)29-15(2)22(28)25-17-8-10-21(27)26(13-17)12-16-5-3-4-6-19(16)24/h3-11,13,15H,12H2,1-2H3,(H,25,28). The summed E-state index contributed by atoms with van der Waals surface area (Å²) < 4.78 is 8.04. The molecule has 0 fully saturated rings. The van der Waals surface area contributed by atoms with Crippen LogP contribution in [0.5, 0.6) is 5.75 Å². The fourth-order valence-corrected chi connectivity index (χ4v) is 3.51. The van der Waals surface area contributed by atoms with Gasteiger partial charge in [0.1, 0.15) is 5.75 Å². The highest BCUT2D eigenvalue weighted by atomic mass is 79.9. The highest BCUT2D eigenvalue weighted by molar-refractivity contribution is 9.10. The van der Waals surface area contributed by atoms with Crippen LogP contribution in [0.3, 0.4) is 0 Å². The van der Waals surface area contributed by atoms with Crippen molar-refractivity contribution >= 4 is 39.1 Å². The molecule has 1 heterocycles. The molecule has 5 nitrogen and oxygen atoms in total. The Morgan fingerprint density at radius 2 is 1.97 bits per heavy atom. The molecule has 0 saturated heterocycles. The zero-order chi connectivity index (χ0) is 21.0. The normalized spacial score (nSPS) is 11.7. The van der Waals surface area contributed by atoms with E-state index in [0.717, 1.165) is 15.6 Å². The van der Waals surface area contributed by atoms with Gasteiger partial charge in [0.05, 0.1) is 16.7 Å². The van der Waals surface area contributed by atoms with E-state index < -0.39 is 6.10 Å². The molecule has 2 aromatic carbocycles. The van der Waals surface area contributed by atoms with Gasteiger partial charge < -0.3 is 14.6 Å². The zero-order valence-electron chi connectivity index (χ0n) is 16.0. The van der Waals surface area contributed by atoms with Gasteiger partial charge in [0.25, 0.3) is 11.5 Å². The smallest absolute Gasteiger partial charge is 0.265 e. The van der Waals surface area contributed by atoms with Crippen LogP contribution >= 0.6 is 27.5 Å². The van der Waals surface area contributed by atoms with Crippen LogP contribution in [0, 0.1) is 6.92 Å². The summed E-state index contributed by atoms with van der Waals surface area (Å²) >= 11 is 9.63. The van der Waals surface area contributed by atoms with Crippen LogP contribution in [-0.2, 0) is 11.3 Å². The Kier molecular flexibility index (Phi) is 6.77. The number of nitrogens with one attached hydrogen (secondary N) is 1. The molecule has 29 heavy (non-hydrogen) atoms. The number of pyridine rings is 1. The van der Waals surface area contributed by atoms with Crippen molar-refractivity contribution in [3.05, 3.63) is 91.8 Å². The van der Waals surface area contributed by atoms with Gasteiger partial charge in [-0.3, -0.25) is 9.59 Å². The lowest BCUT2D eigenvalue weighted by Crippen LogP contribution is -2.31. The Labute approximate surface area is 182 Å². The molecule has 1 aromatic heterocycles. The maximum absolute atomic E-state index is 12.5. The number of aromatic nitrogens is 1. The van der Waals surface area contributed by atoms with Gasteiger partial charge in [-0.1, -0.05) is 35.9 Å². The van der Waals surface area contributed by atoms with E-state index in [1.807, 2.05) is 43.3 Å². The lowest BCUT2D eigenvalue weighted by Gasteiger charge is -2.16. The second-order valence-corrected chi connectivity index (χ2v) is 7.92. The van der Waals surface area contributed by atoms with E-state index in [4.69, 9.17) is 16.3 Å². The Balaban J connectivity index is 1.71. The highest BCUT2D eigenvalue weighted by Crippen LogP contribution is 2.26. The lowest BCUT2D eigenvalue weighted by molar-refractivity contribution is -0.122. The molecular weight excluding hydrogens is 456 g/mol. The van der Waals surface area contributed by atoms with Crippen LogP contribution in [0.4, 0.5) is 5.69 Å². The fraction of sp³-hybridized carbons (Fsp3) is 0.182. The van der Waals surface area contributed by atoms with Crippen molar-refractivity contribution in [1.29, 1.82) is 0 Å². The molecule has 0 radical (unpaired) electrons. The predicted octanol–water partition coefficient (Wildman–Crippen LogP) is 5.03. The second kappa shape index (κ2) is 9.29. The Bertz CT molecular complexity index is 1100. The van der Waals surface area contributed by atoms with Crippen LogP contribution < -0.4 is 15.6 Å². The molecule has 1 atom stereocenters. The summed E-state index contributed by atoms with van der Waals surface area (Å²) in [4.78, 5) is 24.7. The van der Waals surface area contributed by atoms with E-state index in [0.29, 0.717) is 23.0 Å². The fourth-order valence-electron chi connectivity index (χ4n) is 2.73. The van der Waals surface area contributed by atoms with Crippen molar-refractivity contribution in [2.75, 3.05) is 5.32 Å². The molecule has 3 rings (SSSR count). The first-order valence-corrected chi connectivity index (χ1v) is 10.2. The Hall–Kier alpha value is -2.57. The topological polar surface area (TPSA) is 60.3 Å². The maximum Gasteiger partial charge on any atom is 0.265 e. The summed E-state index contributed by atoms with van der Waals surface area (Å²) in [6, 6.07) is 15.9. The van der Waals surface area contributed by atoms with Crippen molar-refractivity contribution in [3.8, 4) is 5.75 Å². The first-order valence-electron chi connectivity index (χ1n) is 9.01. The quantitative estimate of drug-likeness (QED) is 0.544. The van der Waals surface area contributed by atoms with Gasteiger partial charge >= 0.3 is 0 Å². The molecule has 150 valence electrons. The number of hydrogen-bond acceptors (Lipinski definition) is 3. The van der Waals surface area contributed by atoms with Crippen LogP contribution in [0.25, 0.3) is 0 Å². The number of rotatable bonds is 6. The minimum Gasteiger partial charge on any atom is -0.480 e. The lowest BCUT2D eigenvalue weighted by atomic mass is 10.2. The van der Waals surface area contributed by atoms with E-state index in [9.17, 15) is 9.59 Å². The highest BCUT2D eigenvalue weighted by Gasteiger charge is 2.17. The summed E-state index contributed by atoms with van der Waals surface area (Å²) in [5, 5.41) is 3.37. The molecule has 0 aliphatic rings. The summed E-state index contributed by atoms with van der Waals surface area (Å²) in [5.74, 6) is 0.266. The summed E-state index contributed by atoms with van der Waals surface area (Å²) in [6.07, 6.45) is 0.871. The molecular formula is C22H20BrClN2O3.